The number of nitrogens with zero attached hydrogens (tertiary/aromatic N) is 1. The molecule has 6 nitrogen and oxygen atoms in total. The summed E-state index contributed by atoms with van der Waals surface area (Å²) in [5, 5.41) is 2.45. The lowest BCUT2D eigenvalue weighted by molar-refractivity contribution is 0.187. The van der Waals surface area contributed by atoms with Crippen molar-refractivity contribution in [2.45, 2.75) is 0 Å². The van der Waals surface area contributed by atoms with Crippen molar-refractivity contribution >= 4 is 23.5 Å². The number of hydrogen-bond donors (Lipinski definition) is 1. The maximum absolute atomic E-state index is 11.0. The van der Waals surface area contributed by atoms with E-state index in [1.807, 2.05) is 0 Å². The molecule has 0 atom stereocenters. The highest BCUT2D eigenvalue weighted by Gasteiger charge is 2.07. The maximum atomic E-state index is 11.0. The van der Waals surface area contributed by atoms with Gasteiger partial charge in [0, 0.05) is 6.07 Å². The Bertz CT molecular complexity index is 438. The zero-order valence-electron chi connectivity index (χ0n) is 8.81. The van der Waals surface area contributed by atoms with E-state index < -0.39 is 6.09 Å². The zero-order chi connectivity index (χ0) is 12.0. The van der Waals surface area contributed by atoms with Crippen LogP contribution >= 0.6 is 0 Å². The van der Waals surface area contributed by atoms with E-state index in [1.54, 1.807) is 12.1 Å². The minimum Gasteiger partial charge on any atom is -0.494 e. The van der Waals surface area contributed by atoms with Crippen molar-refractivity contribution in [3.8, 4) is 5.75 Å². The van der Waals surface area contributed by atoms with E-state index in [2.05, 4.69) is 15.0 Å². The summed E-state index contributed by atoms with van der Waals surface area (Å²) in [6.07, 6.45) is 0.808. The minimum absolute atomic E-state index is 0.377. The van der Waals surface area contributed by atoms with Gasteiger partial charge in [-0.05, 0) is 12.1 Å². The first-order chi connectivity index (χ1) is 7.71. The molecule has 84 valence electrons. The second-order valence-electron chi connectivity index (χ2n) is 2.70. The van der Waals surface area contributed by atoms with Crippen LogP contribution in [0, 0.1) is 0 Å². The van der Waals surface area contributed by atoms with Crippen molar-refractivity contribution in [2.24, 2.45) is 4.99 Å². The molecule has 6 heteroatoms. The summed E-state index contributed by atoms with van der Waals surface area (Å²) in [7, 11) is 2.69. The standard InChI is InChI=1S/C10H10N2O4/c1-15-9-5-7(11-6-13)3-4-8(9)12-10(14)16-2/h3-5H,1-2H3,(H,12,14). The van der Waals surface area contributed by atoms with Gasteiger partial charge in [-0.2, -0.15) is 4.99 Å². The van der Waals surface area contributed by atoms with E-state index >= 15 is 0 Å². The molecule has 1 rings (SSSR count). The number of carbonyl (C=O) groups excluding carboxylic acids is 2. The summed E-state index contributed by atoms with van der Waals surface area (Å²) < 4.78 is 9.46. The molecular weight excluding hydrogens is 212 g/mol. The fourth-order valence-corrected chi connectivity index (χ4v) is 1.07. The molecule has 0 saturated carbocycles. The number of benzene rings is 1. The maximum Gasteiger partial charge on any atom is 0.411 e. The quantitative estimate of drug-likeness (QED) is 0.625. The van der Waals surface area contributed by atoms with Gasteiger partial charge in [-0.1, -0.05) is 0 Å². The average Bonchev–Trinajstić information content (AvgIpc) is 2.31. The second-order valence-corrected chi connectivity index (χ2v) is 2.70. The van der Waals surface area contributed by atoms with Crippen molar-refractivity contribution < 1.29 is 19.1 Å². The molecule has 0 spiro atoms. The monoisotopic (exact) mass is 222 g/mol. The van der Waals surface area contributed by atoms with Gasteiger partial charge in [0.1, 0.15) is 5.75 Å². The number of rotatable bonds is 3. The van der Waals surface area contributed by atoms with Gasteiger partial charge in [-0.25, -0.2) is 9.59 Å². The number of methoxy groups -OCH3 is 2. The highest BCUT2D eigenvalue weighted by Crippen LogP contribution is 2.29. The number of isocyanates is 1. The first kappa shape index (κ1) is 11.7. The number of nitrogens with one attached hydrogen (secondary N) is 1. The average molecular weight is 222 g/mol. The van der Waals surface area contributed by atoms with Crippen LogP contribution in [-0.4, -0.2) is 26.4 Å². The van der Waals surface area contributed by atoms with E-state index in [-0.39, 0.29) is 0 Å². The third kappa shape index (κ3) is 2.83. The van der Waals surface area contributed by atoms with Crippen LogP contribution in [0.3, 0.4) is 0 Å². The first-order valence-corrected chi connectivity index (χ1v) is 4.32. The molecule has 0 aliphatic heterocycles. The van der Waals surface area contributed by atoms with Crippen molar-refractivity contribution in [3.05, 3.63) is 18.2 Å². The van der Waals surface area contributed by atoms with Gasteiger partial charge < -0.3 is 9.47 Å². The number of ether oxygens (including phenoxy) is 2. The minimum atomic E-state index is -0.607. The van der Waals surface area contributed by atoms with Crippen LogP contribution in [0.1, 0.15) is 0 Å². The molecule has 0 unspecified atom stereocenters. The lowest BCUT2D eigenvalue weighted by atomic mass is 10.2. The van der Waals surface area contributed by atoms with E-state index in [4.69, 9.17) is 4.74 Å². The first-order valence-electron chi connectivity index (χ1n) is 4.32. The van der Waals surface area contributed by atoms with Gasteiger partial charge in [-0.3, -0.25) is 5.32 Å². The molecule has 1 aromatic carbocycles. The smallest absolute Gasteiger partial charge is 0.411 e. The highest BCUT2D eigenvalue weighted by molar-refractivity contribution is 5.87. The molecule has 16 heavy (non-hydrogen) atoms. The summed E-state index contributed by atoms with van der Waals surface area (Å²) in [5.41, 5.74) is 0.821. The number of anilines is 1. The topological polar surface area (TPSA) is 77.0 Å². The van der Waals surface area contributed by atoms with E-state index in [0.717, 1.165) is 0 Å². The molecule has 0 fully saturated rings. The fraction of sp³-hybridized carbons (Fsp3) is 0.200. The number of carbonyl (C=O) groups is 1. The van der Waals surface area contributed by atoms with Gasteiger partial charge in [0.15, 0.2) is 0 Å². The zero-order valence-corrected chi connectivity index (χ0v) is 8.81. The van der Waals surface area contributed by atoms with Crippen molar-refractivity contribution in [1.82, 2.24) is 0 Å². The summed E-state index contributed by atoms with van der Waals surface area (Å²) >= 11 is 0. The fourth-order valence-electron chi connectivity index (χ4n) is 1.07. The predicted molar refractivity (Wildman–Crippen MR) is 56.8 cm³/mol. The van der Waals surface area contributed by atoms with Crippen molar-refractivity contribution in [2.75, 3.05) is 19.5 Å². The normalized spacial score (nSPS) is 8.88. The molecule has 0 radical (unpaired) electrons. The SMILES string of the molecule is COC(=O)Nc1ccc(N=C=O)cc1OC. The highest BCUT2D eigenvalue weighted by atomic mass is 16.5. The number of aliphatic imine (C=N–C) groups is 1. The lowest BCUT2D eigenvalue weighted by Crippen LogP contribution is -2.11. The lowest BCUT2D eigenvalue weighted by Gasteiger charge is -2.09. The Morgan fingerprint density at radius 3 is 2.75 bits per heavy atom. The molecule has 1 N–H and O–H groups in total. The van der Waals surface area contributed by atoms with Crippen LogP contribution in [0.25, 0.3) is 0 Å². The molecule has 1 aromatic rings. The van der Waals surface area contributed by atoms with E-state index in [0.29, 0.717) is 17.1 Å². The van der Waals surface area contributed by atoms with E-state index in [1.165, 1.54) is 26.4 Å². The van der Waals surface area contributed by atoms with Crippen LogP contribution in [0.15, 0.2) is 23.2 Å². The predicted octanol–water partition coefficient (Wildman–Crippen LogP) is 1.84. The molecule has 0 bridgehead atoms. The van der Waals surface area contributed by atoms with Crippen molar-refractivity contribution in [1.29, 1.82) is 0 Å². The molecular formula is C10H10N2O4. The molecule has 0 heterocycles. The van der Waals surface area contributed by atoms with E-state index in [9.17, 15) is 9.59 Å². The van der Waals surface area contributed by atoms with Gasteiger partial charge in [0.25, 0.3) is 0 Å². The van der Waals surface area contributed by atoms with Crippen LogP contribution < -0.4 is 10.1 Å². The van der Waals surface area contributed by atoms with Crippen LogP contribution in [0.5, 0.6) is 5.75 Å². The second kappa shape index (κ2) is 5.53. The van der Waals surface area contributed by atoms with Gasteiger partial charge in [0.2, 0.25) is 6.08 Å². The molecule has 1 amide bonds. The molecule has 0 saturated heterocycles. The Hall–Kier alpha value is -2.33. The van der Waals surface area contributed by atoms with Crippen molar-refractivity contribution in [3.63, 3.8) is 0 Å². The number of amides is 1. The van der Waals surface area contributed by atoms with Gasteiger partial charge in [-0.15, -0.1) is 0 Å². The van der Waals surface area contributed by atoms with Crippen LogP contribution in [0.4, 0.5) is 16.2 Å². The Labute approximate surface area is 91.9 Å². The van der Waals surface area contributed by atoms with Gasteiger partial charge in [0.05, 0.1) is 25.6 Å². The Kier molecular flexibility index (Phi) is 4.06. The third-order valence-corrected chi connectivity index (χ3v) is 1.78. The van der Waals surface area contributed by atoms with Crippen LogP contribution in [-0.2, 0) is 9.53 Å². The molecule has 0 aliphatic carbocycles. The summed E-state index contributed by atoms with van der Waals surface area (Å²) in [5.74, 6) is 0.377. The largest absolute Gasteiger partial charge is 0.494 e. The molecule has 0 aliphatic rings. The molecule has 0 aromatic heterocycles. The van der Waals surface area contributed by atoms with Crippen LogP contribution in [0.2, 0.25) is 0 Å². The van der Waals surface area contributed by atoms with Gasteiger partial charge >= 0.3 is 6.09 Å². The summed E-state index contributed by atoms with van der Waals surface area (Å²) in [4.78, 5) is 24.5. The summed E-state index contributed by atoms with van der Waals surface area (Å²) in [6, 6.07) is 4.58. The Morgan fingerprint density at radius 1 is 1.44 bits per heavy atom. The Balaban J connectivity index is 3.01. The summed E-state index contributed by atoms with van der Waals surface area (Å²) in [6.45, 7) is 0. The third-order valence-electron chi connectivity index (χ3n) is 1.78. The number of hydrogen-bond acceptors (Lipinski definition) is 5. The Morgan fingerprint density at radius 2 is 2.19 bits per heavy atom.